The Balaban J connectivity index is 1.58. The van der Waals surface area contributed by atoms with Gasteiger partial charge in [0.2, 0.25) is 5.28 Å². The van der Waals surface area contributed by atoms with Crippen molar-refractivity contribution in [2.75, 3.05) is 11.9 Å². The zero-order valence-electron chi connectivity index (χ0n) is 13.8. The van der Waals surface area contributed by atoms with Crippen molar-refractivity contribution < 1.29 is 0 Å². The predicted molar refractivity (Wildman–Crippen MR) is 108 cm³/mol. The Morgan fingerprint density at radius 3 is 3.00 bits per heavy atom. The smallest absolute Gasteiger partial charge is 0.224 e. The maximum absolute atomic E-state index is 6.12. The number of halogens is 1. The second-order valence-corrected chi connectivity index (χ2v) is 7.20. The van der Waals surface area contributed by atoms with Gasteiger partial charge < -0.3 is 10.3 Å². The molecule has 6 heteroatoms. The van der Waals surface area contributed by atoms with Gasteiger partial charge in [-0.1, -0.05) is 24.8 Å². The highest BCUT2D eigenvalue weighted by Gasteiger charge is 2.13. The molecule has 4 nitrogen and oxygen atoms in total. The summed E-state index contributed by atoms with van der Waals surface area (Å²) in [4.78, 5) is 12.1. The van der Waals surface area contributed by atoms with Gasteiger partial charge in [0, 0.05) is 34.6 Å². The molecule has 0 saturated heterocycles. The molecule has 1 aromatic carbocycles. The van der Waals surface area contributed by atoms with Crippen molar-refractivity contribution in [1.82, 2.24) is 15.0 Å². The van der Waals surface area contributed by atoms with Crippen LogP contribution in [0.25, 0.3) is 26.7 Å². The molecule has 3 heterocycles. The number of H-pyrrole nitrogens is 1. The average Bonchev–Trinajstić information content (AvgIpc) is 3.19. The molecule has 126 valence electrons. The van der Waals surface area contributed by atoms with Crippen LogP contribution in [-0.4, -0.2) is 21.5 Å². The van der Waals surface area contributed by atoms with Gasteiger partial charge in [0.25, 0.3) is 0 Å². The lowest BCUT2D eigenvalue weighted by atomic mass is 10.1. The van der Waals surface area contributed by atoms with Gasteiger partial charge in [-0.25, -0.2) is 4.98 Å². The molecule has 0 atom stereocenters. The highest BCUT2D eigenvalue weighted by atomic mass is 35.5. The number of para-hydroxylation sites is 1. The summed E-state index contributed by atoms with van der Waals surface area (Å²) in [5.41, 5.74) is 5.32. The highest BCUT2D eigenvalue weighted by molar-refractivity contribution is 7.18. The van der Waals surface area contributed by atoms with Gasteiger partial charge in [0.1, 0.15) is 5.82 Å². The van der Waals surface area contributed by atoms with Crippen molar-refractivity contribution in [2.24, 2.45) is 0 Å². The molecule has 0 amide bonds. The number of nitrogens with one attached hydrogen (secondary N) is 2. The molecule has 0 unspecified atom stereocenters. The number of thiophene rings is 1. The van der Waals surface area contributed by atoms with Crippen LogP contribution >= 0.6 is 22.9 Å². The minimum Gasteiger partial charge on any atom is -0.368 e. The summed E-state index contributed by atoms with van der Waals surface area (Å²) in [7, 11) is 0. The van der Waals surface area contributed by atoms with Crippen LogP contribution in [0.1, 0.15) is 18.1 Å². The molecule has 0 fully saturated rings. The Kier molecular flexibility index (Phi) is 4.19. The van der Waals surface area contributed by atoms with Crippen molar-refractivity contribution in [3.05, 3.63) is 58.8 Å². The molecule has 0 spiro atoms. The second-order valence-electron chi connectivity index (χ2n) is 5.98. The van der Waals surface area contributed by atoms with E-state index in [9.17, 15) is 0 Å². The first-order valence-corrected chi connectivity index (χ1v) is 9.28. The lowest BCUT2D eigenvalue weighted by Gasteiger charge is -2.07. The summed E-state index contributed by atoms with van der Waals surface area (Å²) >= 11 is 7.74. The molecular formula is C19H17ClN4S. The zero-order valence-corrected chi connectivity index (χ0v) is 15.3. The molecule has 0 aliphatic rings. The molecule has 3 aromatic heterocycles. The molecule has 0 saturated carbocycles. The normalized spacial score (nSPS) is 11.3. The van der Waals surface area contributed by atoms with E-state index in [4.69, 9.17) is 11.6 Å². The lowest BCUT2D eigenvalue weighted by Crippen LogP contribution is -2.07. The standard InChI is InChI=1S/C19H17ClN4S/c1-11(2)14-10-25-17-16(14)23-19(20)24-18(17)21-8-7-12-9-22-15-6-4-3-5-13(12)15/h3-6,9-10,22H,1,7-8H2,2H3,(H,21,23,24). The number of nitrogens with zero attached hydrogens (tertiary/aromatic N) is 2. The first-order valence-electron chi connectivity index (χ1n) is 8.03. The Morgan fingerprint density at radius 1 is 1.32 bits per heavy atom. The quantitative estimate of drug-likeness (QED) is 0.456. The summed E-state index contributed by atoms with van der Waals surface area (Å²) in [5.74, 6) is 0.785. The maximum atomic E-state index is 6.12. The molecule has 0 radical (unpaired) electrons. The van der Waals surface area contributed by atoms with Crippen molar-refractivity contribution >= 4 is 55.4 Å². The van der Waals surface area contributed by atoms with Gasteiger partial charge in [-0.2, -0.15) is 4.98 Å². The SMILES string of the molecule is C=C(C)c1csc2c(NCCc3c[nH]c4ccccc34)nc(Cl)nc12. The number of aromatic amines is 1. The van der Waals surface area contributed by atoms with Crippen molar-refractivity contribution in [2.45, 2.75) is 13.3 Å². The van der Waals surface area contributed by atoms with Gasteiger partial charge in [-0.3, -0.25) is 0 Å². The van der Waals surface area contributed by atoms with Crippen LogP contribution in [0.5, 0.6) is 0 Å². The van der Waals surface area contributed by atoms with E-state index in [-0.39, 0.29) is 5.28 Å². The number of rotatable bonds is 5. The molecule has 0 aliphatic heterocycles. The highest BCUT2D eigenvalue weighted by Crippen LogP contribution is 2.33. The molecule has 4 aromatic rings. The van der Waals surface area contributed by atoms with Gasteiger partial charge in [-0.15, -0.1) is 11.3 Å². The van der Waals surface area contributed by atoms with E-state index in [0.717, 1.165) is 45.7 Å². The Labute approximate surface area is 154 Å². The summed E-state index contributed by atoms with van der Waals surface area (Å²) in [5, 5.41) is 6.99. The van der Waals surface area contributed by atoms with E-state index in [2.05, 4.69) is 56.6 Å². The lowest BCUT2D eigenvalue weighted by molar-refractivity contribution is 1.01. The summed E-state index contributed by atoms with van der Waals surface area (Å²) in [6.45, 7) is 6.75. The Hall–Kier alpha value is -2.37. The van der Waals surface area contributed by atoms with Crippen molar-refractivity contribution in [3.8, 4) is 0 Å². The molecule has 25 heavy (non-hydrogen) atoms. The van der Waals surface area contributed by atoms with Crippen LogP contribution in [0, 0.1) is 0 Å². The topological polar surface area (TPSA) is 53.6 Å². The number of allylic oxidation sites excluding steroid dienone is 1. The number of anilines is 1. The van der Waals surface area contributed by atoms with Crippen LogP contribution in [0.2, 0.25) is 5.28 Å². The van der Waals surface area contributed by atoms with E-state index in [1.165, 1.54) is 10.9 Å². The number of benzene rings is 1. The predicted octanol–water partition coefficient (Wildman–Crippen LogP) is 5.51. The maximum Gasteiger partial charge on any atom is 0.224 e. The third kappa shape index (κ3) is 3.01. The fraction of sp³-hybridized carbons (Fsp3) is 0.158. The first kappa shape index (κ1) is 16.1. The van der Waals surface area contributed by atoms with Crippen LogP contribution in [0.15, 0.2) is 42.4 Å². The fourth-order valence-corrected chi connectivity index (χ4v) is 4.18. The average molecular weight is 369 g/mol. The van der Waals surface area contributed by atoms with E-state index in [1.54, 1.807) is 11.3 Å². The van der Waals surface area contributed by atoms with Crippen LogP contribution in [0.4, 0.5) is 5.82 Å². The summed E-state index contributed by atoms with van der Waals surface area (Å²) in [6.07, 6.45) is 2.96. The molecular weight excluding hydrogens is 352 g/mol. The third-order valence-corrected chi connectivity index (χ3v) is 5.35. The zero-order chi connectivity index (χ0) is 17.4. The fourth-order valence-electron chi connectivity index (χ4n) is 2.97. The molecule has 0 bridgehead atoms. The molecule has 2 N–H and O–H groups in total. The minimum absolute atomic E-state index is 0.253. The number of fused-ring (bicyclic) bond motifs is 2. The first-order chi connectivity index (χ1) is 12.1. The van der Waals surface area contributed by atoms with Crippen molar-refractivity contribution in [3.63, 3.8) is 0 Å². The van der Waals surface area contributed by atoms with Crippen LogP contribution in [-0.2, 0) is 6.42 Å². The van der Waals surface area contributed by atoms with Gasteiger partial charge in [0.05, 0.1) is 10.2 Å². The van der Waals surface area contributed by atoms with E-state index in [1.807, 2.05) is 13.0 Å². The van der Waals surface area contributed by atoms with Crippen molar-refractivity contribution in [1.29, 1.82) is 0 Å². The van der Waals surface area contributed by atoms with Crippen LogP contribution in [0.3, 0.4) is 0 Å². The molecule has 4 rings (SSSR count). The van der Waals surface area contributed by atoms with E-state index < -0.39 is 0 Å². The van der Waals surface area contributed by atoms with E-state index >= 15 is 0 Å². The Bertz CT molecular complexity index is 1080. The Morgan fingerprint density at radius 2 is 2.16 bits per heavy atom. The number of hydrogen-bond acceptors (Lipinski definition) is 4. The van der Waals surface area contributed by atoms with Gasteiger partial charge in [0.15, 0.2) is 0 Å². The van der Waals surface area contributed by atoms with Crippen LogP contribution < -0.4 is 5.32 Å². The third-order valence-electron chi connectivity index (χ3n) is 4.21. The second kappa shape index (κ2) is 6.50. The number of hydrogen-bond donors (Lipinski definition) is 2. The minimum atomic E-state index is 0.253. The monoisotopic (exact) mass is 368 g/mol. The van der Waals surface area contributed by atoms with Gasteiger partial charge in [-0.05, 0) is 42.1 Å². The number of aromatic nitrogens is 3. The molecule has 0 aliphatic carbocycles. The van der Waals surface area contributed by atoms with E-state index in [0.29, 0.717) is 0 Å². The largest absolute Gasteiger partial charge is 0.368 e. The summed E-state index contributed by atoms with van der Waals surface area (Å²) in [6, 6.07) is 8.33. The summed E-state index contributed by atoms with van der Waals surface area (Å²) < 4.78 is 1.02. The van der Waals surface area contributed by atoms with Gasteiger partial charge >= 0.3 is 0 Å².